The molecule has 0 saturated carbocycles. The van der Waals surface area contributed by atoms with Crippen LogP contribution in [0.3, 0.4) is 0 Å². The third-order valence-electron chi connectivity index (χ3n) is 0.498. The summed E-state index contributed by atoms with van der Waals surface area (Å²) in [6.45, 7) is 2.23. The topological polar surface area (TPSA) is 0 Å². The summed E-state index contributed by atoms with van der Waals surface area (Å²) in [5, 5.41) is 0. The molecular weight excluding hydrogens is 292 g/mol. The van der Waals surface area contributed by atoms with Crippen molar-refractivity contribution in [1.82, 2.24) is 0 Å². The van der Waals surface area contributed by atoms with Crippen molar-refractivity contribution in [3.63, 3.8) is 0 Å². The number of hydrogen-bond acceptors (Lipinski definition) is 0. The van der Waals surface area contributed by atoms with Gasteiger partial charge in [0.2, 0.25) is 0 Å². The molecule has 0 aromatic rings. The predicted octanol–water partition coefficient (Wildman–Crippen LogP) is 1.75. The molecule has 0 atom stereocenters. The minimum absolute atomic E-state index is 1.38. The van der Waals surface area contributed by atoms with Crippen molar-refractivity contribution >= 4 is 0 Å². The Bertz CT molecular complexity index is 11.1. The summed E-state index contributed by atoms with van der Waals surface area (Å²) in [5.74, 6) is 0. The van der Waals surface area contributed by atoms with Crippen LogP contribution >= 0.6 is 0 Å². The Balaban J connectivity index is 2.19. The molecule has 0 aromatic carbocycles. The second kappa shape index (κ2) is 4.99. The van der Waals surface area contributed by atoms with E-state index in [9.17, 15) is 0 Å². The maximum absolute atomic E-state index is 2.23. The number of rotatable bonds is 2. The molecule has 0 fully saturated rings. The molecule has 0 aliphatic rings. The molecule has 0 nitrogen and oxygen atoms in total. The average molecular weight is 301 g/mol. The van der Waals surface area contributed by atoms with Gasteiger partial charge in [0.1, 0.15) is 0 Å². The number of unbranched alkanes of at least 4 members (excludes halogenated alkanes) is 1. The zero-order chi connectivity index (χ0) is 4.12. The standard InChI is InChI=1S/C4H9.Pu/c1-3-4-2;/h1,3-4H2,2H3;. The Morgan fingerprint density at radius 3 is 2.20 bits per heavy atom. The van der Waals surface area contributed by atoms with Crippen molar-refractivity contribution in [2.45, 2.75) is 23.5 Å². The quantitative estimate of drug-likeness (QED) is 0.729. The second-order valence-corrected chi connectivity index (χ2v) is 2.76. The summed E-state index contributed by atoms with van der Waals surface area (Å²) >= 11 is 1.47. The van der Waals surface area contributed by atoms with E-state index in [-0.39, 0.29) is 0 Å². The molecule has 0 aliphatic carbocycles. The summed E-state index contributed by atoms with van der Waals surface area (Å²) < 4.78 is 1.47. The van der Waals surface area contributed by atoms with E-state index in [1.54, 1.807) is 0 Å². The summed E-state index contributed by atoms with van der Waals surface area (Å²) in [7, 11) is 0. The van der Waals surface area contributed by atoms with E-state index in [0.717, 1.165) is 0 Å². The normalized spacial score (nSPS) is 8.60. The zero-order valence-electron chi connectivity index (χ0n) is 3.53. The van der Waals surface area contributed by atoms with Gasteiger partial charge in [0, 0.05) is 0 Å². The average Bonchev–Trinajstić information content (AvgIpc) is 1.41. The van der Waals surface area contributed by atoms with Gasteiger partial charge in [-0.2, -0.15) is 0 Å². The minimum atomic E-state index is 1.38. The van der Waals surface area contributed by atoms with E-state index in [4.69, 9.17) is 0 Å². The first-order valence-corrected chi connectivity index (χ1v) is 4.40. The first kappa shape index (κ1) is 5.99. The molecule has 0 N–H and O–H groups in total. The molecule has 0 heterocycles. The van der Waals surface area contributed by atoms with E-state index in [0.29, 0.717) is 0 Å². The first-order valence-electron chi connectivity index (χ1n) is 2.00. The fourth-order valence-corrected chi connectivity index (χ4v) is 1.35. The van der Waals surface area contributed by atoms with Crippen molar-refractivity contribution in [3.05, 3.63) is 0 Å². The SMILES string of the molecule is CCC[CH2][Pu]. The fraction of sp³-hybridized carbons (Fsp3) is 1.00. The van der Waals surface area contributed by atoms with Gasteiger partial charge >= 0.3 is 51.1 Å². The van der Waals surface area contributed by atoms with Crippen LogP contribution in [0.4, 0.5) is 0 Å². The second-order valence-electron chi connectivity index (χ2n) is 1.06. The first-order chi connectivity index (χ1) is 2.41. The molecule has 0 saturated heterocycles. The predicted molar refractivity (Wildman–Crippen MR) is 19.7 cm³/mol. The Kier molecular flexibility index (Phi) is 5.97. The van der Waals surface area contributed by atoms with Gasteiger partial charge in [0.05, 0.1) is 0 Å². The summed E-state index contributed by atoms with van der Waals surface area (Å²) in [6, 6.07) is 0. The molecule has 5 heavy (non-hydrogen) atoms. The van der Waals surface area contributed by atoms with Crippen LogP contribution in [0.25, 0.3) is 0 Å². The van der Waals surface area contributed by atoms with Crippen molar-refractivity contribution in [2.75, 3.05) is 0 Å². The van der Waals surface area contributed by atoms with Gasteiger partial charge in [-0.25, -0.2) is 0 Å². The van der Waals surface area contributed by atoms with Crippen LogP contribution in [0.2, 0.25) is 3.72 Å². The molecule has 0 spiro atoms. The Labute approximate surface area is 51.1 Å². The van der Waals surface area contributed by atoms with E-state index in [2.05, 4.69) is 6.92 Å². The Morgan fingerprint density at radius 1 is 1.60 bits per heavy atom. The van der Waals surface area contributed by atoms with Crippen LogP contribution in [0, 0.1) is 27.6 Å². The summed E-state index contributed by atoms with van der Waals surface area (Å²) in [4.78, 5) is 0. The van der Waals surface area contributed by atoms with E-state index in [1.807, 2.05) is 0 Å². The monoisotopic (exact) mass is 295 g/mol. The third kappa shape index (κ3) is 4.99. The van der Waals surface area contributed by atoms with Crippen molar-refractivity contribution in [1.29, 1.82) is 0 Å². The summed E-state index contributed by atoms with van der Waals surface area (Å²) in [6.07, 6.45) is 2.82. The van der Waals surface area contributed by atoms with Crippen LogP contribution in [-0.4, -0.2) is 0 Å². The molecule has 0 rings (SSSR count). The van der Waals surface area contributed by atoms with Crippen LogP contribution < -0.4 is 0 Å². The molecule has 0 unspecified atom stereocenters. The zero-order valence-corrected chi connectivity index (χ0v) is 6.93. The molecular formula is C4H9Pu. The Morgan fingerprint density at radius 2 is 2.20 bits per heavy atom. The van der Waals surface area contributed by atoms with E-state index < -0.39 is 0 Å². The fourth-order valence-electron chi connectivity index (χ4n) is 0.144. The van der Waals surface area contributed by atoms with Crippen LogP contribution in [-0.2, 0) is 0 Å². The van der Waals surface area contributed by atoms with Gasteiger partial charge < -0.3 is 0 Å². The number of hydrogen-bond donors (Lipinski definition) is 0. The van der Waals surface area contributed by atoms with Gasteiger partial charge in [-0.1, -0.05) is 0 Å². The van der Waals surface area contributed by atoms with Gasteiger partial charge in [-0.15, -0.1) is 0 Å². The molecule has 0 aliphatic heterocycles. The molecule has 0 amide bonds. The third-order valence-corrected chi connectivity index (χ3v) is 1.70. The van der Waals surface area contributed by atoms with Gasteiger partial charge in [-0.05, 0) is 0 Å². The van der Waals surface area contributed by atoms with Crippen molar-refractivity contribution in [2.24, 2.45) is 0 Å². The van der Waals surface area contributed by atoms with Crippen molar-refractivity contribution < 1.29 is 27.6 Å². The van der Waals surface area contributed by atoms with Crippen LogP contribution in [0.5, 0.6) is 0 Å². The molecule has 1 heteroatoms. The molecule has 0 radical (unpaired) electrons. The van der Waals surface area contributed by atoms with E-state index >= 15 is 0 Å². The molecule has 0 aromatic heterocycles. The van der Waals surface area contributed by atoms with Crippen LogP contribution in [0.1, 0.15) is 19.8 Å². The summed E-state index contributed by atoms with van der Waals surface area (Å²) in [5.41, 5.74) is 0. The Hall–Kier alpha value is 0.987. The van der Waals surface area contributed by atoms with Gasteiger partial charge in [0.25, 0.3) is 0 Å². The van der Waals surface area contributed by atoms with Gasteiger partial charge in [-0.3, -0.25) is 0 Å². The molecule has 0 bridgehead atoms. The van der Waals surface area contributed by atoms with Crippen LogP contribution in [0.15, 0.2) is 0 Å². The van der Waals surface area contributed by atoms with Crippen molar-refractivity contribution in [3.8, 4) is 0 Å². The molecule has 31 valence electrons. The maximum atomic E-state index is 2.23. The van der Waals surface area contributed by atoms with E-state index in [1.165, 1.54) is 44.1 Å². The van der Waals surface area contributed by atoms with Gasteiger partial charge in [0.15, 0.2) is 0 Å².